The maximum absolute atomic E-state index is 11.2. The summed E-state index contributed by atoms with van der Waals surface area (Å²) in [6.07, 6.45) is 2.24. The van der Waals surface area contributed by atoms with Gasteiger partial charge in [0.05, 0.1) is 18.1 Å². The van der Waals surface area contributed by atoms with Crippen molar-refractivity contribution in [3.8, 4) is 6.07 Å². The summed E-state index contributed by atoms with van der Waals surface area (Å²) >= 11 is 0. The van der Waals surface area contributed by atoms with Crippen molar-refractivity contribution in [2.45, 2.75) is 45.3 Å². The SMILES string of the molecule is CC(C)OC(=O)NC1CCCC1C#N. The van der Waals surface area contributed by atoms with Crippen molar-refractivity contribution in [1.82, 2.24) is 5.32 Å². The number of nitrogens with one attached hydrogen (secondary N) is 1. The first-order valence-electron chi connectivity index (χ1n) is 5.00. The van der Waals surface area contributed by atoms with Gasteiger partial charge in [0.1, 0.15) is 0 Å². The summed E-state index contributed by atoms with van der Waals surface area (Å²) in [6.45, 7) is 3.60. The van der Waals surface area contributed by atoms with Gasteiger partial charge in [0, 0.05) is 6.04 Å². The van der Waals surface area contributed by atoms with Crippen LogP contribution in [0.25, 0.3) is 0 Å². The van der Waals surface area contributed by atoms with E-state index in [0.717, 1.165) is 19.3 Å². The van der Waals surface area contributed by atoms with Gasteiger partial charge in [0.25, 0.3) is 0 Å². The fourth-order valence-corrected chi connectivity index (χ4v) is 1.69. The van der Waals surface area contributed by atoms with Crippen LogP contribution < -0.4 is 5.32 Å². The van der Waals surface area contributed by atoms with E-state index in [1.54, 1.807) is 13.8 Å². The van der Waals surface area contributed by atoms with E-state index in [1.165, 1.54) is 0 Å². The minimum absolute atomic E-state index is 0.0220. The average molecular weight is 196 g/mol. The van der Waals surface area contributed by atoms with E-state index >= 15 is 0 Å². The van der Waals surface area contributed by atoms with Gasteiger partial charge >= 0.3 is 6.09 Å². The summed E-state index contributed by atoms with van der Waals surface area (Å²) in [5, 5.41) is 11.5. The number of hydrogen-bond donors (Lipinski definition) is 1. The predicted octanol–water partition coefficient (Wildman–Crippen LogP) is 1.81. The van der Waals surface area contributed by atoms with Crippen molar-refractivity contribution in [2.75, 3.05) is 0 Å². The van der Waals surface area contributed by atoms with Crippen molar-refractivity contribution in [2.24, 2.45) is 5.92 Å². The maximum atomic E-state index is 11.2. The van der Waals surface area contributed by atoms with Crippen LogP contribution in [0.5, 0.6) is 0 Å². The molecule has 1 N–H and O–H groups in total. The lowest BCUT2D eigenvalue weighted by molar-refractivity contribution is 0.111. The zero-order chi connectivity index (χ0) is 10.6. The molecule has 4 nitrogen and oxygen atoms in total. The highest BCUT2D eigenvalue weighted by Crippen LogP contribution is 2.24. The van der Waals surface area contributed by atoms with Crippen LogP contribution in [0.4, 0.5) is 4.79 Å². The third-order valence-electron chi connectivity index (χ3n) is 2.33. The Hall–Kier alpha value is -1.24. The van der Waals surface area contributed by atoms with Crippen molar-refractivity contribution >= 4 is 6.09 Å². The largest absolute Gasteiger partial charge is 0.447 e. The molecule has 0 saturated heterocycles. The predicted molar refractivity (Wildman–Crippen MR) is 51.5 cm³/mol. The first-order chi connectivity index (χ1) is 6.63. The Kier molecular flexibility index (Phi) is 3.75. The lowest BCUT2D eigenvalue weighted by Gasteiger charge is -2.16. The molecule has 1 saturated carbocycles. The van der Waals surface area contributed by atoms with Crippen molar-refractivity contribution in [3.63, 3.8) is 0 Å². The molecule has 0 heterocycles. The van der Waals surface area contributed by atoms with Gasteiger partial charge in [-0.3, -0.25) is 0 Å². The second-order valence-electron chi connectivity index (χ2n) is 3.87. The van der Waals surface area contributed by atoms with Gasteiger partial charge in [0.2, 0.25) is 0 Å². The molecule has 4 heteroatoms. The van der Waals surface area contributed by atoms with Gasteiger partial charge in [-0.25, -0.2) is 4.79 Å². The number of ether oxygens (including phenoxy) is 1. The molecule has 0 bridgehead atoms. The van der Waals surface area contributed by atoms with Gasteiger partial charge in [0.15, 0.2) is 0 Å². The topological polar surface area (TPSA) is 62.1 Å². The molecule has 1 aliphatic rings. The molecule has 2 atom stereocenters. The van der Waals surface area contributed by atoms with Crippen LogP contribution in [0.1, 0.15) is 33.1 Å². The first kappa shape index (κ1) is 10.8. The molecule has 0 spiro atoms. The Morgan fingerprint density at radius 1 is 1.57 bits per heavy atom. The van der Waals surface area contributed by atoms with E-state index in [0.29, 0.717) is 0 Å². The first-order valence-corrected chi connectivity index (χ1v) is 5.00. The standard InChI is InChI=1S/C10H16N2O2/c1-7(2)14-10(13)12-9-5-3-4-8(9)6-11/h7-9H,3-5H2,1-2H3,(H,12,13). The van der Waals surface area contributed by atoms with Crippen LogP contribution in [0, 0.1) is 17.2 Å². The quantitative estimate of drug-likeness (QED) is 0.732. The van der Waals surface area contributed by atoms with E-state index in [9.17, 15) is 4.79 Å². The average Bonchev–Trinajstić information content (AvgIpc) is 2.50. The van der Waals surface area contributed by atoms with Crippen LogP contribution >= 0.6 is 0 Å². The van der Waals surface area contributed by atoms with E-state index in [1.807, 2.05) is 0 Å². The molecule has 2 unspecified atom stereocenters. The molecule has 1 rings (SSSR count). The summed E-state index contributed by atoms with van der Waals surface area (Å²) in [4.78, 5) is 11.2. The highest BCUT2D eigenvalue weighted by molar-refractivity contribution is 5.67. The molecule has 78 valence electrons. The zero-order valence-electron chi connectivity index (χ0n) is 8.62. The molecule has 1 aliphatic carbocycles. The molecule has 0 aromatic rings. The Bertz CT molecular complexity index is 245. The normalized spacial score (nSPS) is 25.9. The smallest absolute Gasteiger partial charge is 0.407 e. The maximum Gasteiger partial charge on any atom is 0.407 e. The summed E-state index contributed by atoms with van der Waals surface area (Å²) in [7, 11) is 0. The van der Waals surface area contributed by atoms with E-state index < -0.39 is 6.09 Å². The van der Waals surface area contributed by atoms with Crippen molar-refractivity contribution in [3.05, 3.63) is 0 Å². The van der Waals surface area contributed by atoms with E-state index in [4.69, 9.17) is 10.00 Å². The number of hydrogen-bond acceptors (Lipinski definition) is 3. The number of alkyl carbamates (subject to hydrolysis) is 1. The lowest BCUT2D eigenvalue weighted by atomic mass is 10.1. The van der Waals surface area contributed by atoms with Crippen LogP contribution in [-0.4, -0.2) is 18.2 Å². The summed E-state index contributed by atoms with van der Waals surface area (Å²) in [5.41, 5.74) is 0. The number of nitriles is 1. The van der Waals surface area contributed by atoms with E-state index in [-0.39, 0.29) is 18.1 Å². The van der Waals surface area contributed by atoms with Crippen molar-refractivity contribution < 1.29 is 9.53 Å². The molecule has 0 aromatic heterocycles. The molecular weight excluding hydrogens is 180 g/mol. The fourth-order valence-electron chi connectivity index (χ4n) is 1.69. The minimum Gasteiger partial charge on any atom is -0.447 e. The van der Waals surface area contributed by atoms with Crippen LogP contribution in [0.15, 0.2) is 0 Å². The Morgan fingerprint density at radius 3 is 2.86 bits per heavy atom. The third-order valence-corrected chi connectivity index (χ3v) is 2.33. The summed E-state index contributed by atoms with van der Waals surface area (Å²) < 4.78 is 4.95. The number of nitrogens with zero attached hydrogens (tertiary/aromatic N) is 1. The Morgan fingerprint density at radius 2 is 2.29 bits per heavy atom. The van der Waals surface area contributed by atoms with Gasteiger partial charge in [-0.05, 0) is 33.1 Å². The second-order valence-corrected chi connectivity index (χ2v) is 3.87. The third kappa shape index (κ3) is 2.91. The molecule has 14 heavy (non-hydrogen) atoms. The van der Waals surface area contributed by atoms with E-state index in [2.05, 4.69) is 11.4 Å². The molecule has 0 aliphatic heterocycles. The highest BCUT2D eigenvalue weighted by Gasteiger charge is 2.28. The van der Waals surface area contributed by atoms with Gasteiger partial charge in [-0.2, -0.15) is 5.26 Å². The van der Waals surface area contributed by atoms with Crippen LogP contribution in [-0.2, 0) is 4.74 Å². The summed E-state index contributed by atoms with van der Waals surface area (Å²) in [5.74, 6) is -0.0466. The Labute approximate surface area is 84.2 Å². The number of amides is 1. The molecular formula is C10H16N2O2. The van der Waals surface area contributed by atoms with Gasteiger partial charge < -0.3 is 10.1 Å². The number of carbonyl (C=O) groups is 1. The molecule has 0 aromatic carbocycles. The van der Waals surface area contributed by atoms with Crippen LogP contribution in [0.3, 0.4) is 0 Å². The number of rotatable bonds is 2. The Balaban J connectivity index is 2.37. The summed E-state index contributed by atoms with van der Waals surface area (Å²) in [6, 6.07) is 2.18. The van der Waals surface area contributed by atoms with Crippen LogP contribution in [0.2, 0.25) is 0 Å². The molecule has 0 radical (unpaired) electrons. The fraction of sp³-hybridized carbons (Fsp3) is 0.800. The monoisotopic (exact) mass is 196 g/mol. The second kappa shape index (κ2) is 4.85. The molecule has 1 amide bonds. The molecule has 1 fully saturated rings. The highest BCUT2D eigenvalue weighted by atomic mass is 16.6. The minimum atomic E-state index is -0.410. The number of carbonyl (C=O) groups excluding carboxylic acids is 1. The van der Waals surface area contributed by atoms with Crippen molar-refractivity contribution in [1.29, 1.82) is 5.26 Å². The van der Waals surface area contributed by atoms with Gasteiger partial charge in [-0.1, -0.05) is 0 Å². The van der Waals surface area contributed by atoms with Gasteiger partial charge in [-0.15, -0.1) is 0 Å². The zero-order valence-corrected chi connectivity index (χ0v) is 8.62. The lowest BCUT2D eigenvalue weighted by Crippen LogP contribution is -2.38.